The summed E-state index contributed by atoms with van der Waals surface area (Å²) >= 11 is 1.79. The van der Waals surface area contributed by atoms with Crippen LogP contribution in [0.15, 0.2) is 47.1 Å². The van der Waals surface area contributed by atoms with E-state index in [0.29, 0.717) is 11.6 Å². The van der Waals surface area contributed by atoms with E-state index in [9.17, 15) is 9.18 Å². The van der Waals surface area contributed by atoms with Crippen molar-refractivity contribution in [3.63, 3.8) is 0 Å². The van der Waals surface area contributed by atoms with Crippen LogP contribution in [0.5, 0.6) is 0 Å². The lowest BCUT2D eigenvalue weighted by Crippen LogP contribution is -2.29. The Morgan fingerprint density at radius 1 is 1.42 bits per heavy atom. The molecule has 0 amide bonds. The predicted octanol–water partition coefficient (Wildman–Crippen LogP) is 3.24. The number of amidine groups is 1. The van der Waals surface area contributed by atoms with Crippen LogP contribution in [0.4, 0.5) is 4.39 Å². The summed E-state index contributed by atoms with van der Waals surface area (Å²) < 4.78 is 13.2. The maximum absolute atomic E-state index is 13.2. The van der Waals surface area contributed by atoms with E-state index in [1.54, 1.807) is 17.8 Å². The summed E-state index contributed by atoms with van der Waals surface area (Å²) in [5.74, 6) is 0.820. The summed E-state index contributed by atoms with van der Waals surface area (Å²) in [6.45, 7) is 2.98. The summed E-state index contributed by atoms with van der Waals surface area (Å²) in [4.78, 5) is 14.5. The first-order valence-electron chi connectivity index (χ1n) is 8.85. The van der Waals surface area contributed by atoms with E-state index in [2.05, 4.69) is 27.8 Å². The van der Waals surface area contributed by atoms with Gasteiger partial charge in [0.1, 0.15) is 12.1 Å². The van der Waals surface area contributed by atoms with Crippen molar-refractivity contribution in [1.29, 1.82) is 0 Å². The van der Waals surface area contributed by atoms with Crippen LogP contribution in [0.1, 0.15) is 24.5 Å². The van der Waals surface area contributed by atoms with Gasteiger partial charge in [0.15, 0.2) is 5.17 Å². The number of aldehydes is 1. The number of aliphatic imine (C=N–C) groups is 1. The first kappa shape index (κ1) is 20.2. The minimum atomic E-state index is -0.266. The highest BCUT2D eigenvalue weighted by Gasteiger charge is 2.22. The van der Waals surface area contributed by atoms with Crippen molar-refractivity contribution in [3.8, 4) is 0 Å². The Morgan fingerprint density at radius 2 is 2.27 bits per heavy atom. The van der Waals surface area contributed by atoms with Crippen molar-refractivity contribution >= 4 is 23.2 Å². The second-order valence-corrected chi connectivity index (χ2v) is 6.99. The van der Waals surface area contributed by atoms with Gasteiger partial charge in [0.2, 0.25) is 0 Å². The zero-order valence-electron chi connectivity index (χ0n) is 15.3. The molecular weight excluding hydrogens is 349 g/mol. The molecule has 0 spiro atoms. The minimum absolute atomic E-state index is 0.183. The molecule has 1 atom stereocenters. The summed E-state index contributed by atoms with van der Waals surface area (Å²) in [5, 5.41) is 7.57. The van der Waals surface area contributed by atoms with Gasteiger partial charge in [-0.15, -0.1) is 0 Å². The number of nitrogens with one attached hydrogen (secondary N) is 2. The molecule has 2 heterocycles. The number of nitrogens with zero attached hydrogens (tertiary/aromatic N) is 1. The normalized spacial score (nSPS) is 19.9. The van der Waals surface area contributed by atoms with Crippen molar-refractivity contribution in [2.75, 3.05) is 19.3 Å². The van der Waals surface area contributed by atoms with Gasteiger partial charge in [-0.3, -0.25) is 4.99 Å². The number of carbonyl (C=O) groups excluding carboxylic acids is 1. The number of thioether (sulfide) groups is 1. The molecule has 0 bridgehead atoms. The highest BCUT2D eigenvalue weighted by Crippen LogP contribution is 2.20. The fourth-order valence-corrected chi connectivity index (χ4v) is 3.80. The fraction of sp³-hybridized carbons (Fsp3) is 0.400. The molecule has 2 aliphatic rings. The second kappa shape index (κ2) is 10.8. The number of halogens is 1. The van der Waals surface area contributed by atoms with Gasteiger partial charge in [-0.2, -0.15) is 0 Å². The molecule has 1 aromatic rings. The van der Waals surface area contributed by atoms with Gasteiger partial charge in [0.25, 0.3) is 0 Å². The Bertz CT molecular complexity index is 700. The molecule has 1 unspecified atom stereocenters. The van der Waals surface area contributed by atoms with Crippen LogP contribution in [0.3, 0.4) is 0 Å². The Kier molecular flexibility index (Phi) is 8.41. The van der Waals surface area contributed by atoms with Gasteiger partial charge < -0.3 is 15.4 Å². The van der Waals surface area contributed by atoms with Gasteiger partial charge in [-0.1, -0.05) is 43.3 Å². The van der Waals surface area contributed by atoms with Crippen LogP contribution in [0.25, 0.3) is 0 Å². The average molecular weight is 376 g/mol. The molecule has 4 nitrogen and oxygen atoms in total. The molecule has 1 fully saturated rings. The van der Waals surface area contributed by atoms with Crippen molar-refractivity contribution in [3.05, 3.63) is 59.1 Å². The standard InChI is InChI=1S/C11H13FO.C9H13N3S/c1-2-4-9-5-3-6-11(12)10(9)7-8-13;1-10-9-12-8(6-13-9)7-2-4-11-5-3-7/h3,5-6,8H,2,4,7H2,1H3;2-4,8,11H,5-6H2,1H3,(H,10,12). The number of dihydropyridines is 1. The van der Waals surface area contributed by atoms with Crippen LogP contribution >= 0.6 is 11.8 Å². The topological polar surface area (TPSA) is 53.5 Å². The lowest BCUT2D eigenvalue weighted by Gasteiger charge is -2.14. The molecule has 140 valence electrons. The highest BCUT2D eigenvalue weighted by atomic mass is 32.2. The number of aryl methyl sites for hydroxylation is 1. The van der Waals surface area contributed by atoms with Gasteiger partial charge in [0.05, 0.1) is 6.04 Å². The SMILES string of the molecule is CCCc1cccc(F)c1CC=O.CN=C1NC(C2=CCNC=C2)CS1. The number of carbonyl (C=O) groups is 1. The highest BCUT2D eigenvalue weighted by molar-refractivity contribution is 8.14. The Morgan fingerprint density at radius 3 is 2.88 bits per heavy atom. The average Bonchev–Trinajstić information content (AvgIpc) is 3.15. The van der Waals surface area contributed by atoms with Crippen molar-refractivity contribution < 1.29 is 9.18 Å². The first-order chi connectivity index (χ1) is 12.7. The summed E-state index contributed by atoms with van der Waals surface area (Å²) in [5.41, 5.74) is 2.87. The maximum Gasteiger partial charge on any atom is 0.156 e. The zero-order chi connectivity index (χ0) is 18.8. The predicted molar refractivity (Wildman–Crippen MR) is 108 cm³/mol. The number of rotatable bonds is 5. The molecule has 0 saturated carbocycles. The third-order valence-electron chi connectivity index (χ3n) is 4.16. The molecule has 0 aromatic heterocycles. The van der Waals surface area contributed by atoms with Crippen LogP contribution in [-0.2, 0) is 17.6 Å². The number of benzene rings is 1. The van der Waals surface area contributed by atoms with E-state index in [4.69, 9.17) is 0 Å². The van der Waals surface area contributed by atoms with Crippen molar-refractivity contribution in [2.24, 2.45) is 4.99 Å². The minimum Gasteiger partial charge on any atom is -0.387 e. The third-order valence-corrected chi connectivity index (χ3v) is 5.24. The summed E-state index contributed by atoms with van der Waals surface area (Å²) in [6, 6.07) is 5.42. The molecule has 0 radical (unpaired) electrons. The van der Waals surface area contributed by atoms with E-state index >= 15 is 0 Å². The monoisotopic (exact) mass is 375 g/mol. The first-order valence-corrected chi connectivity index (χ1v) is 9.84. The molecule has 26 heavy (non-hydrogen) atoms. The van der Waals surface area contributed by atoms with Gasteiger partial charge in [-0.25, -0.2) is 4.39 Å². The quantitative estimate of drug-likeness (QED) is 0.776. The van der Waals surface area contributed by atoms with Crippen LogP contribution in [0, 0.1) is 5.82 Å². The molecule has 2 aliphatic heterocycles. The maximum atomic E-state index is 13.2. The molecule has 6 heteroatoms. The van der Waals surface area contributed by atoms with Gasteiger partial charge in [-0.05, 0) is 41.5 Å². The Balaban J connectivity index is 0.000000187. The second-order valence-electron chi connectivity index (χ2n) is 5.98. The van der Waals surface area contributed by atoms with E-state index in [0.717, 1.165) is 42.2 Å². The summed E-state index contributed by atoms with van der Waals surface area (Å²) in [6.07, 6.45) is 9.08. The lowest BCUT2D eigenvalue weighted by atomic mass is 10.0. The molecule has 0 aliphatic carbocycles. The smallest absolute Gasteiger partial charge is 0.156 e. The Hall–Kier alpha value is -2.08. The van der Waals surface area contributed by atoms with Crippen molar-refractivity contribution in [2.45, 2.75) is 32.2 Å². The van der Waals surface area contributed by atoms with Crippen LogP contribution in [0.2, 0.25) is 0 Å². The number of hydrogen-bond donors (Lipinski definition) is 2. The lowest BCUT2D eigenvalue weighted by molar-refractivity contribution is -0.107. The van der Waals surface area contributed by atoms with Gasteiger partial charge in [0, 0.05) is 25.8 Å². The van der Waals surface area contributed by atoms with Crippen LogP contribution < -0.4 is 10.6 Å². The molecular formula is C20H26FN3OS. The molecule has 2 N–H and O–H groups in total. The zero-order valence-corrected chi connectivity index (χ0v) is 16.1. The van der Waals surface area contributed by atoms with E-state index < -0.39 is 0 Å². The molecule has 1 aromatic carbocycles. The Labute approximate surface area is 159 Å². The van der Waals surface area contributed by atoms with E-state index in [1.807, 2.05) is 26.2 Å². The number of hydrogen-bond acceptors (Lipinski definition) is 4. The largest absolute Gasteiger partial charge is 0.387 e. The molecule has 1 saturated heterocycles. The molecule has 3 rings (SSSR count). The summed E-state index contributed by atoms with van der Waals surface area (Å²) in [7, 11) is 1.82. The van der Waals surface area contributed by atoms with E-state index in [-0.39, 0.29) is 12.2 Å². The van der Waals surface area contributed by atoms with Crippen LogP contribution in [-0.4, -0.2) is 36.8 Å². The van der Waals surface area contributed by atoms with Gasteiger partial charge >= 0.3 is 0 Å². The third kappa shape index (κ3) is 5.73. The fourth-order valence-electron chi connectivity index (χ4n) is 2.85. The van der Waals surface area contributed by atoms with E-state index in [1.165, 1.54) is 11.6 Å². The van der Waals surface area contributed by atoms with Crippen molar-refractivity contribution in [1.82, 2.24) is 10.6 Å².